The third-order valence-corrected chi connectivity index (χ3v) is 26.0. The molecule has 0 bridgehead atoms. The lowest BCUT2D eigenvalue weighted by atomic mass is 9.86. The first-order chi connectivity index (χ1) is 57.0. The van der Waals surface area contributed by atoms with Gasteiger partial charge in [-0.1, -0.05) is 192 Å². The fourth-order valence-corrected chi connectivity index (χ4v) is 19.7. The summed E-state index contributed by atoms with van der Waals surface area (Å²) in [6, 6.07) is 4.26. The molecule has 4 N–H and O–H groups in total. The molecule has 12 fully saturated rings. The SMILES string of the molecule is C=Cc1ccoc1C(=O)N[C@H]1CO[C@H]2[C@@H]1OC[C@@H]2n1cc(CC2CCCCC2)nn1.CCc1ccoc1C(=O)N[C@H]1CO[C@H]2[C@@H]1OC[C@@H]2n1cc(CC2CCCCC2)nn1.O=C(N[C@H]1CO[C@H]2[C@@H]1OC[C@@H]2n1cc(CC2CCCCC2)nn1)C1=CC=CC1.O=C(N[C@H]1CO[C@H]2[C@@H]1OC[C@@H]2n1cc(CC2CCCCC2)nn1)c1ccno1. The van der Waals surface area contributed by atoms with E-state index in [0.717, 1.165) is 89.7 Å². The highest BCUT2D eigenvalue weighted by molar-refractivity contribution is 5.96. The molecule has 0 aromatic carbocycles. The molecular weight excluding hydrogens is 1490 g/mol. The predicted molar refractivity (Wildman–Crippen MR) is 416 cm³/mol. The average Bonchev–Trinajstić information content (AvgIpc) is 1.64. The maximum absolute atomic E-state index is 12.6. The van der Waals surface area contributed by atoms with Gasteiger partial charge in [0.25, 0.3) is 17.7 Å². The number of hydrogen-bond acceptors (Lipinski definition) is 24. The molecule has 7 aromatic heterocycles. The van der Waals surface area contributed by atoms with Crippen LogP contribution in [-0.4, -0.2) is 215 Å². The van der Waals surface area contributed by atoms with E-state index in [2.05, 4.69) is 86.6 Å². The van der Waals surface area contributed by atoms with Gasteiger partial charge in [0.05, 0.1) is 119 Å². The first-order valence-corrected chi connectivity index (χ1v) is 42.8. The molecule has 4 saturated carbocycles. The lowest BCUT2D eigenvalue weighted by molar-refractivity contribution is -0.118. The zero-order valence-corrected chi connectivity index (χ0v) is 66.3. The molecule has 116 heavy (non-hydrogen) atoms. The van der Waals surface area contributed by atoms with Crippen LogP contribution in [0.3, 0.4) is 0 Å². The fourth-order valence-electron chi connectivity index (χ4n) is 19.7. The number of carbonyl (C=O) groups is 4. The normalized spacial score (nSPS) is 30.3. The maximum Gasteiger partial charge on any atom is 0.290 e. The molecule has 13 aliphatic rings. The van der Waals surface area contributed by atoms with Crippen molar-refractivity contribution in [3.63, 3.8) is 0 Å². The second kappa shape index (κ2) is 37.4. The summed E-state index contributed by atoms with van der Waals surface area (Å²) >= 11 is 0. The Morgan fingerprint density at radius 2 is 0.784 bits per heavy atom. The van der Waals surface area contributed by atoms with E-state index < -0.39 is 0 Å². The van der Waals surface area contributed by atoms with Crippen LogP contribution in [0.5, 0.6) is 0 Å². The number of aryl methyl sites for hydroxylation is 1. The molecule has 8 saturated heterocycles. The Bertz CT molecular complexity index is 4460. The summed E-state index contributed by atoms with van der Waals surface area (Å²) in [6.07, 6.45) is 50.7. The maximum atomic E-state index is 12.6. The van der Waals surface area contributed by atoms with Gasteiger partial charge in [0.15, 0.2) is 11.5 Å². The van der Waals surface area contributed by atoms with Crippen molar-refractivity contribution in [2.45, 2.75) is 271 Å². The van der Waals surface area contributed by atoms with Crippen molar-refractivity contribution in [2.24, 2.45) is 23.7 Å². The van der Waals surface area contributed by atoms with Crippen LogP contribution >= 0.6 is 0 Å². The first kappa shape index (κ1) is 79.6. The third kappa shape index (κ3) is 18.4. The van der Waals surface area contributed by atoms with Gasteiger partial charge < -0.3 is 72.5 Å². The molecule has 15 heterocycles. The van der Waals surface area contributed by atoms with Gasteiger partial charge in [0.1, 0.15) is 73.0 Å². The summed E-state index contributed by atoms with van der Waals surface area (Å²) in [7, 11) is 0. The molecule has 5 aliphatic carbocycles. The Hall–Kier alpha value is -8.89. The van der Waals surface area contributed by atoms with Gasteiger partial charge in [0.2, 0.25) is 11.7 Å². The van der Waals surface area contributed by atoms with E-state index in [0.29, 0.717) is 70.6 Å². The number of nitrogens with zero attached hydrogens (tertiary/aromatic N) is 13. The van der Waals surface area contributed by atoms with Gasteiger partial charge in [-0.05, 0) is 74.3 Å². The molecule has 32 heteroatoms. The standard InChI is InChI=1S/C22H30N4O4.C22H28N4O4.C21H28N4O3.C19H25N5O4/c2*1-2-15-8-9-28-19(15)22(27)23-17-12-29-21-18(13-30-20(17)21)26-11-16(24-25-26)10-14-6-4-3-5-7-14;26-21(15-8-4-5-9-15)22-17-12-27-20-18(13-28-19(17)20)25-11-16(23-24-25)10-14-6-2-1-3-7-14;25-19(16-6-7-20-28-16)21-14-10-26-18-15(11-27-17(14)18)24-9-13(22-23-24)8-12-4-2-1-3-5-12/h8-9,11,14,17-18,20-21H,2-7,10,12-13H2,1H3,(H,23,27);2,8-9,11,14,17-18,20-21H,1,3-7,10,12-13H2,(H,23,27);4-5,8,11,14,17-20H,1-3,6-7,9-10,12-13H2,(H,22,26);6-7,9,12,14-15,17-18H,1-5,8,10-11H2,(H,21,25)/t2*17-,18-,20+,21+;17-,18-,19+,20+;14-,15-,17+,18+/m0000/s1. The second-order valence-corrected chi connectivity index (χ2v) is 33.8. The Labute approximate surface area is 674 Å². The Morgan fingerprint density at radius 3 is 1.14 bits per heavy atom. The largest absolute Gasteiger partial charge is 0.459 e. The Balaban J connectivity index is 0.000000111. The van der Waals surface area contributed by atoms with Crippen LogP contribution in [-0.2, 0) is 74.8 Å². The number of rotatable bonds is 22. The number of allylic oxidation sites excluding steroid dienone is 3. The number of carbonyl (C=O) groups excluding carboxylic acids is 4. The summed E-state index contributed by atoms with van der Waals surface area (Å²) in [5, 5.41) is 50.6. The number of fused-ring (bicyclic) bond motifs is 4. The van der Waals surface area contributed by atoms with E-state index in [9.17, 15) is 19.2 Å². The summed E-state index contributed by atoms with van der Waals surface area (Å²) < 4.78 is 71.2. The third-order valence-electron chi connectivity index (χ3n) is 26.0. The predicted octanol–water partition coefficient (Wildman–Crippen LogP) is 9.10. The van der Waals surface area contributed by atoms with Crippen LogP contribution in [0.15, 0.2) is 105 Å². The minimum absolute atomic E-state index is 0.0145. The van der Waals surface area contributed by atoms with Crippen LogP contribution in [0, 0.1) is 23.7 Å². The second-order valence-electron chi connectivity index (χ2n) is 33.8. The smallest absolute Gasteiger partial charge is 0.290 e. The van der Waals surface area contributed by atoms with E-state index in [1.807, 2.05) is 62.3 Å². The molecule has 0 spiro atoms. The van der Waals surface area contributed by atoms with Crippen molar-refractivity contribution in [3.8, 4) is 0 Å². The number of furan rings is 2. The quantitative estimate of drug-likeness (QED) is 0.0491. The molecule has 20 rings (SSSR count). The molecule has 622 valence electrons. The lowest BCUT2D eigenvalue weighted by Crippen LogP contribution is -2.44. The molecular formula is C84H111N17O15. The Morgan fingerprint density at radius 1 is 0.431 bits per heavy atom. The molecule has 7 aromatic rings. The highest BCUT2D eigenvalue weighted by Gasteiger charge is 2.54. The van der Waals surface area contributed by atoms with Gasteiger partial charge in [-0.3, -0.25) is 19.2 Å². The monoisotopic (exact) mass is 1600 g/mol. The van der Waals surface area contributed by atoms with Gasteiger partial charge in [-0.2, -0.15) is 0 Å². The molecule has 0 radical (unpaired) electrons. The number of amides is 4. The molecule has 0 unspecified atom stereocenters. The number of aromatic nitrogens is 13. The molecule has 4 amide bonds. The number of ether oxygens (including phenoxy) is 8. The Kier molecular flexibility index (Phi) is 25.6. The zero-order chi connectivity index (χ0) is 78.9. The molecule has 32 nitrogen and oxygen atoms in total. The van der Waals surface area contributed by atoms with E-state index in [-0.39, 0.29) is 132 Å². The van der Waals surface area contributed by atoms with Crippen LogP contribution in [0.25, 0.3) is 6.08 Å². The van der Waals surface area contributed by atoms with E-state index in [1.165, 1.54) is 147 Å². The minimum Gasteiger partial charge on any atom is -0.459 e. The fraction of sp³-hybridized carbons (Fsp3) is 0.655. The lowest BCUT2D eigenvalue weighted by Gasteiger charge is -2.20. The van der Waals surface area contributed by atoms with E-state index in [4.69, 9.17) is 51.3 Å². The van der Waals surface area contributed by atoms with Gasteiger partial charge in [-0.15, -0.1) is 20.4 Å². The topological polar surface area (TPSA) is 365 Å². The van der Waals surface area contributed by atoms with Crippen LogP contribution < -0.4 is 21.3 Å². The van der Waals surface area contributed by atoms with Gasteiger partial charge >= 0.3 is 0 Å². The van der Waals surface area contributed by atoms with Crippen molar-refractivity contribution < 1.29 is 70.4 Å². The summed E-state index contributed by atoms with van der Waals surface area (Å²) in [4.78, 5) is 49.8. The highest BCUT2D eigenvalue weighted by atomic mass is 16.6. The zero-order valence-electron chi connectivity index (χ0n) is 66.3. The number of hydrogen-bond donors (Lipinski definition) is 4. The summed E-state index contributed by atoms with van der Waals surface area (Å²) in [6.45, 7) is 9.43. The molecule has 16 atom stereocenters. The number of nitrogens with one attached hydrogen (secondary N) is 4. The van der Waals surface area contributed by atoms with Crippen LogP contribution in [0.2, 0.25) is 0 Å². The van der Waals surface area contributed by atoms with Gasteiger partial charge in [-0.25, -0.2) is 18.7 Å². The summed E-state index contributed by atoms with van der Waals surface area (Å²) in [5.74, 6) is 2.90. The average molecular weight is 1600 g/mol. The van der Waals surface area contributed by atoms with Gasteiger partial charge in [0, 0.05) is 47.6 Å². The molecule has 8 aliphatic heterocycles. The van der Waals surface area contributed by atoms with Crippen molar-refractivity contribution in [3.05, 3.63) is 143 Å². The van der Waals surface area contributed by atoms with Crippen molar-refractivity contribution in [1.82, 2.24) is 86.4 Å². The summed E-state index contributed by atoms with van der Waals surface area (Å²) in [5.41, 5.74) is 6.58. The van der Waals surface area contributed by atoms with Crippen molar-refractivity contribution >= 4 is 29.7 Å². The van der Waals surface area contributed by atoms with Crippen LogP contribution in [0.1, 0.15) is 231 Å². The first-order valence-electron chi connectivity index (χ1n) is 42.8. The highest BCUT2D eigenvalue weighted by Crippen LogP contribution is 2.40. The van der Waals surface area contributed by atoms with E-state index >= 15 is 0 Å². The van der Waals surface area contributed by atoms with Crippen LogP contribution in [0.4, 0.5) is 0 Å². The van der Waals surface area contributed by atoms with Crippen molar-refractivity contribution in [2.75, 3.05) is 52.9 Å². The van der Waals surface area contributed by atoms with E-state index in [1.54, 1.807) is 18.4 Å². The van der Waals surface area contributed by atoms with Crippen molar-refractivity contribution in [1.29, 1.82) is 0 Å². The minimum atomic E-state index is -0.311.